The maximum atomic E-state index is 12.8. The van der Waals surface area contributed by atoms with E-state index in [4.69, 9.17) is 9.47 Å². The van der Waals surface area contributed by atoms with Gasteiger partial charge in [0, 0.05) is 11.4 Å². The van der Waals surface area contributed by atoms with E-state index < -0.39 is 34.6 Å². The molecule has 1 N–H and O–H groups in total. The summed E-state index contributed by atoms with van der Waals surface area (Å²) in [5.74, 6) is -1.35. The van der Waals surface area contributed by atoms with Crippen molar-refractivity contribution in [2.45, 2.75) is 45.6 Å². The Hall–Kier alpha value is -2.74. The molecule has 0 saturated heterocycles. The lowest BCUT2D eigenvalue weighted by atomic mass is 10.1. The number of benzene rings is 1. The van der Waals surface area contributed by atoms with E-state index in [-0.39, 0.29) is 17.9 Å². The summed E-state index contributed by atoms with van der Waals surface area (Å²) in [5.41, 5.74) is 1.61. The molecule has 0 aliphatic rings. The van der Waals surface area contributed by atoms with E-state index in [1.54, 1.807) is 45.9 Å². The fourth-order valence-corrected chi connectivity index (χ4v) is 3.91. The zero-order valence-electron chi connectivity index (χ0n) is 17.2. The summed E-state index contributed by atoms with van der Waals surface area (Å²) in [6.07, 6.45) is -1.10. The number of carbonyl (C=O) groups is 3. The molecule has 2 rings (SSSR count). The van der Waals surface area contributed by atoms with Crippen molar-refractivity contribution in [1.82, 2.24) is 4.98 Å². The van der Waals surface area contributed by atoms with Gasteiger partial charge in [-0.05, 0) is 45.4 Å². The molecule has 0 amide bonds. The number of rotatable bonds is 8. The predicted molar refractivity (Wildman–Crippen MR) is 109 cm³/mol. The number of aryl methyl sites for hydroxylation is 1. The summed E-state index contributed by atoms with van der Waals surface area (Å²) in [4.78, 5) is 40.8. The molecule has 7 nitrogen and oxygen atoms in total. The quantitative estimate of drug-likeness (QED) is 0.520. The van der Waals surface area contributed by atoms with Crippen LogP contribution in [0.5, 0.6) is 0 Å². The van der Waals surface area contributed by atoms with E-state index in [9.17, 15) is 18.6 Å². The Morgan fingerprint density at radius 1 is 1.10 bits per heavy atom. The van der Waals surface area contributed by atoms with Crippen LogP contribution in [0.1, 0.15) is 63.2 Å². The molecule has 0 saturated carbocycles. The number of Topliss-reactive ketones (excluding diaryl/α,β-unsaturated/α-hetero) is 1. The van der Waals surface area contributed by atoms with Crippen molar-refractivity contribution in [2.24, 2.45) is 0 Å². The van der Waals surface area contributed by atoms with Crippen LogP contribution in [0.2, 0.25) is 0 Å². The Kier molecular flexibility index (Phi) is 7.50. The second-order valence-corrected chi connectivity index (χ2v) is 8.10. The predicted octanol–water partition coefficient (Wildman–Crippen LogP) is 3.36. The Labute approximate surface area is 172 Å². The molecule has 0 radical (unpaired) electrons. The van der Waals surface area contributed by atoms with Gasteiger partial charge in [-0.1, -0.05) is 19.1 Å². The second kappa shape index (κ2) is 9.65. The van der Waals surface area contributed by atoms with E-state index >= 15 is 0 Å². The van der Waals surface area contributed by atoms with Crippen LogP contribution < -0.4 is 0 Å². The average Bonchev–Trinajstić information content (AvgIpc) is 3.00. The zero-order valence-corrected chi connectivity index (χ0v) is 18.0. The van der Waals surface area contributed by atoms with E-state index in [2.05, 4.69) is 4.98 Å². The molecule has 1 aromatic carbocycles. The van der Waals surface area contributed by atoms with Gasteiger partial charge >= 0.3 is 11.9 Å². The summed E-state index contributed by atoms with van der Waals surface area (Å²) in [5, 5.41) is 0. The first-order valence-electron chi connectivity index (χ1n) is 9.31. The lowest BCUT2D eigenvalue weighted by molar-refractivity contribution is 0.0313. The molecule has 156 valence electrons. The largest absolute Gasteiger partial charge is 0.462 e. The molecule has 2 aromatic rings. The molecule has 1 heterocycles. The van der Waals surface area contributed by atoms with Gasteiger partial charge in [0.1, 0.15) is 0 Å². The number of ether oxygens (including phenoxy) is 2. The molecule has 8 heteroatoms. The van der Waals surface area contributed by atoms with Crippen molar-refractivity contribution in [3.63, 3.8) is 0 Å². The minimum Gasteiger partial charge on any atom is -0.462 e. The molecule has 0 bridgehead atoms. The molecule has 1 aromatic heterocycles. The van der Waals surface area contributed by atoms with Gasteiger partial charge in [0.25, 0.3) is 0 Å². The second-order valence-electron chi connectivity index (χ2n) is 6.39. The summed E-state index contributed by atoms with van der Waals surface area (Å²) in [6.45, 7) is 8.44. The van der Waals surface area contributed by atoms with E-state index in [1.807, 2.05) is 0 Å². The monoisotopic (exact) mass is 419 g/mol. The van der Waals surface area contributed by atoms with Crippen LogP contribution in [0.25, 0.3) is 0 Å². The molecule has 2 atom stereocenters. The minimum atomic E-state index is -1.34. The molecule has 0 aliphatic carbocycles. The fraction of sp³-hybridized carbons (Fsp3) is 0.381. The summed E-state index contributed by atoms with van der Waals surface area (Å²) in [7, 11) is -1.34. The molecule has 0 spiro atoms. The van der Waals surface area contributed by atoms with Crippen molar-refractivity contribution < 1.29 is 28.1 Å². The van der Waals surface area contributed by atoms with Crippen LogP contribution in [0.15, 0.2) is 29.2 Å². The van der Waals surface area contributed by atoms with Crippen molar-refractivity contribution in [1.29, 1.82) is 0 Å². The smallest absolute Gasteiger partial charge is 0.340 e. The fourth-order valence-electron chi connectivity index (χ4n) is 2.98. The van der Waals surface area contributed by atoms with Gasteiger partial charge in [-0.15, -0.1) is 0 Å². The number of H-pyrrole nitrogens is 1. The van der Waals surface area contributed by atoms with Crippen LogP contribution >= 0.6 is 0 Å². The number of hydrogen-bond acceptors (Lipinski definition) is 6. The number of nitrogens with one attached hydrogen (secondary N) is 1. The third-order valence-corrected chi connectivity index (χ3v) is 5.80. The van der Waals surface area contributed by atoms with Crippen molar-refractivity contribution >= 4 is 28.5 Å². The molecule has 0 unspecified atom stereocenters. The summed E-state index contributed by atoms with van der Waals surface area (Å²) >= 11 is 0. The van der Waals surface area contributed by atoms with Gasteiger partial charge in [-0.25, -0.2) is 9.59 Å². The maximum Gasteiger partial charge on any atom is 0.340 e. The highest BCUT2D eigenvalue weighted by Gasteiger charge is 2.28. The third kappa shape index (κ3) is 4.82. The van der Waals surface area contributed by atoms with Crippen LogP contribution in [0, 0.1) is 13.8 Å². The normalized spacial score (nSPS) is 12.9. The van der Waals surface area contributed by atoms with Crippen LogP contribution in [0.3, 0.4) is 0 Å². The maximum absolute atomic E-state index is 12.8. The Morgan fingerprint density at radius 2 is 1.76 bits per heavy atom. The highest BCUT2D eigenvalue weighted by Crippen LogP contribution is 2.22. The standard InChI is InChI=1S/C21H25NO6S/c1-6-27-21(25)17-12(3)18(22-13(17)4)19(23)14(5)28-20(24)15-10-8-9-11-16(15)29(26)7-2/h8-11,14,22H,6-7H2,1-5H3/t14-,29-/m1/s1. The topological polar surface area (TPSA) is 103 Å². The van der Waals surface area contributed by atoms with Crippen molar-refractivity contribution in [3.8, 4) is 0 Å². The summed E-state index contributed by atoms with van der Waals surface area (Å²) in [6, 6.07) is 6.46. The van der Waals surface area contributed by atoms with Crippen molar-refractivity contribution in [3.05, 3.63) is 52.3 Å². The number of aromatic amines is 1. The van der Waals surface area contributed by atoms with E-state index in [0.29, 0.717) is 27.5 Å². The van der Waals surface area contributed by atoms with Gasteiger partial charge in [0.2, 0.25) is 5.78 Å². The van der Waals surface area contributed by atoms with E-state index in [0.717, 1.165) is 0 Å². The summed E-state index contributed by atoms with van der Waals surface area (Å²) < 4.78 is 22.5. The van der Waals surface area contributed by atoms with E-state index in [1.165, 1.54) is 13.0 Å². The highest BCUT2D eigenvalue weighted by atomic mass is 32.2. The Balaban J connectivity index is 2.25. The molecule has 0 aliphatic heterocycles. The average molecular weight is 419 g/mol. The first-order chi connectivity index (χ1) is 13.7. The molecule has 0 fully saturated rings. The van der Waals surface area contributed by atoms with Crippen LogP contribution in [0.4, 0.5) is 0 Å². The highest BCUT2D eigenvalue weighted by molar-refractivity contribution is 7.85. The number of carbonyl (C=O) groups excluding carboxylic acids is 3. The van der Waals surface area contributed by atoms with Gasteiger partial charge in [-0.3, -0.25) is 9.00 Å². The van der Waals surface area contributed by atoms with Gasteiger partial charge < -0.3 is 14.5 Å². The lowest BCUT2D eigenvalue weighted by Gasteiger charge is -2.14. The Morgan fingerprint density at radius 3 is 2.38 bits per heavy atom. The SMILES string of the molecule is CCOC(=O)c1c(C)[nH]c(C(=O)[C@@H](C)OC(=O)c2ccccc2[S@](=O)CC)c1C. The number of hydrogen-bond donors (Lipinski definition) is 1. The van der Waals surface area contributed by atoms with Gasteiger partial charge in [0.05, 0.1) is 39.1 Å². The third-order valence-electron chi connectivity index (χ3n) is 4.43. The van der Waals surface area contributed by atoms with Gasteiger partial charge in [-0.2, -0.15) is 0 Å². The molecular formula is C21H25NO6S. The first kappa shape index (κ1) is 22.5. The number of esters is 2. The van der Waals surface area contributed by atoms with Crippen LogP contribution in [-0.4, -0.2) is 45.4 Å². The number of aromatic nitrogens is 1. The molecule has 29 heavy (non-hydrogen) atoms. The van der Waals surface area contributed by atoms with Crippen LogP contribution in [-0.2, 0) is 20.3 Å². The van der Waals surface area contributed by atoms with Crippen molar-refractivity contribution in [2.75, 3.05) is 12.4 Å². The number of ketones is 1. The molecular weight excluding hydrogens is 394 g/mol. The lowest BCUT2D eigenvalue weighted by Crippen LogP contribution is -2.26. The zero-order chi connectivity index (χ0) is 21.7. The first-order valence-corrected chi connectivity index (χ1v) is 10.6. The van der Waals surface area contributed by atoms with Gasteiger partial charge in [0.15, 0.2) is 6.10 Å². The Bertz CT molecular complexity index is 962. The minimum absolute atomic E-state index is 0.166.